The number of thioether (sulfide) groups is 1. The van der Waals surface area contributed by atoms with Gasteiger partial charge in [-0.05, 0) is 44.0 Å². The fourth-order valence-electron chi connectivity index (χ4n) is 4.65. The maximum Gasteiger partial charge on any atom is 0.281 e. The number of hydrogen-bond acceptors (Lipinski definition) is 5. The topological polar surface area (TPSA) is 71.0 Å². The van der Waals surface area contributed by atoms with Crippen molar-refractivity contribution in [2.75, 3.05) is 10.8 Å². The van der Waals surface area contributed by atoms with Crippen LogP contribution in [0.25, 0.3) is 32.4 Å². The Bertz CT molecular complexity index is 1650. The summed E-state index contributed by atoms with van der Waals surface area (Å²) in [5.74, 6) is 0.188. The van der Waals surface area contributed by atoms with Gasteiger partial charge in [0.05, 0.1) is 16.8 Å². The zero-order chi connectivity index (χ0) is 23.6. The third-order valence-electron chi connectivity index (χ3n) is 6.45. The van der Waals surface area contributed by atoms with Crippen LogP contribution in [0, 0.1) is 20.8 Å². The molecule has 4 heterocycles. The van der Waals surface area contributed by atoms with Crippen molar-refractivity contribution in [1.29, 1.82) is 0 Å². The largest absolute Gasteiger partial charge is 0.354 e. The van der Waals surface area contributed by atoms with Crippen LogP contribution in [0.3, 0.4) is 0 Å². The fourth-order valence-corrected chi connectivity index (χ4v) is 6.84. The molecule has 34 heavy (non-hydrogen) atoms. The summed E-state index contributed by atoms with van der Waals surface area (Å²) in [6, 6.07) is 16.4. The average molecular weight is 487 g/mol. The Morgan fingerprint density at radius 1 is 1.06 bits per heavy atom. The highest BCUT2D eigenvalue weighted by molar-refractivity contribution is 8.00. The summed E-state index contributed by atoms with van der Waals surface area (Å²) in [7, 11) is 0. The number of nitrogens with one attached hydrogen (secondary N) is 1. The Balaban J connectivity index is 1.60. The standard InChI is InChI=1S/C26H22N4O2S2/c1-14-9-10-19-18(11-14)22(23(28-19)17-7-5-4-6-8-17)26-30(20(31)12-33-26)29-13-27-24-21(25(29)32)15(2)16(3)34-24/h4-11,13,26,28H,12H2,1-3H3. The van der Waals surface area contributed by atoms with Gasteiger partial charge < -0.3 is 4.98 Å². The van der Waals surface area contributed by atoms with Gasteiger partial charge in [-0.3, -0.25) is 9.59 Å². The number of aryl methyl sites for hydroxylation is 3. The van der Waals surface area contributed by atoms with Gasteiger partial charge in [0.1, 0.15) is 16.5 Å². The molecule has 1 amide bonds. The quantitative estimate of drug-likeness (QED) is 0.369. The van der Waals surface area contributed by atoms with Crippen molar-refractivity contribution in [2.24, 2.45) is 0 Å². The Hall–Kier alpha value is -3.36. The van der Waals surface area contributed by atoms with Crippen LogP contribution in [-0.2, 0) is 4.79 Å². The number of hydrogen-bond donors (Lipinski definition) is 1. The predicted octanol–water partition coefficient (Wildman–Crippen LogP) is 5.44. The molecule has 1 atom stereocenters. The van der Waals surface area contributed by atoms with Crippen LogP contribution in [0.4, 0.5) is 0 Å². The van der Waals surface area contributed by atoms with Crippen molar-refractivity contribution in [3.8, 4) is 11.3 Å². The highest BCUT2D eigenvalue weighted by atomic mass is 32.2. The lowest BCUT2D eigenvalue weighted by Gasteiger charge is -2.26. The van der Waals surface area contributed by atoms with Gasteiger partial charge in [-0.15, -0.1) is 23.1 Å². The first-order valence-electron chi connectivity index (χ1n) is 11.0. The van der Waals surface area contributed by atoms with E-state index in [9.17, 15) is 9.59 Å². The Morgan fingerprint density at radius 2 is 1.85 bits per heavy atom. The molecule has 1 N–H and O–H groups in total. The SMILES string of the molecule is Cc1ccc2[nH]c(-c3ccccc3)c(C3SCC(=O)N3n3cnc4sc(C)c(C)c4c3=O)c2c1. The van der Waals surface area contributed by atoms with Crippen molar-refractivity contribution < 1.29 is 4.79 Å². The number of amides is 1. The Morgan fingerprint density at radius 3 is 2.65 bits per heavy atom. The van der Waals surface area contributed by atoms with Gasteiger partial charge in [-0.25, -0.2) is 14.7 Å². The summed E-state index contributed by atoms with van der Waals surface area (Å²) in [5.41, 5.74) is 5.87. The first kappa shape index (κ1) is 21.2. The summed E-state index contributed by atoms with van der Waals surface area (Å²) in [6.07, 6.45) is 1.50. The number of H-pyrrole nitrogens is 1. The molecular weight excluding hydrogens is 464 g/mol. The van der Waals surface area contributed by atoms with Crippen molar-refractivity contribution in [3.05, 3.63) is 86.8 Å². The van der Waals surface area contributed by atoms with E-state index >= 15 is 0 Å². The second kappa shape index (κ2) is 7.85. The van der Waals surface area contributed by atoms with E-state index in [0.717, 1.165) is 43.7 Å². The fraction of sp³-hybridized carbons (Fsp3) is 0.192. The highest BCUT2D eigenvalue weighted by Gasteiger charge is 2.38. The minimum atomic E-state index is -0.366. The molecular formula is C26H22N4O2S2. The number of fused-ring (bicyclic) bond motifs is 2. The molecule has 170 valence electrons. The molecule has 5 aromatic rings. The first-order valence-corrected chi connectivity index (χ1v) is 12.9. The summed E-state index contributed by atoms with van der Waals surface area (Å²) in [5, 5.41) is 2.87. The van der Waals surface area contributed by atoms with E-state index in [1.54, 1.807) is 5.01 Å². The number of aromatic nitrogens is 3. The van der Waals surface area contributed by atoms with Crippen LogP contribution in [0.15, 0.2) is 59.7 Å². The number of carbonyl (C=O) groups is 1. The molecule has 0 saturated carbocycles. The van der Waals surface area contributed by atoms with Gasteiger partial charge in [-0.1, -0.05) is 42.0 Å². The van der Waals surface area contributed by atoms with Crippen LogP contribution < -0.4 is 10.6 Å². The second-order valence-corrected chi connectivity index (χ2v) is 10.9. The molecule has 0 aliphatic carbocycles. The van der Waals surface area contributed by atoms with Crippen molar-refractivity contribution in [2.45, 2.75) is 26.1 Å². The van der Waals surface area contributed by atoms with Gasteiger partial charge in [0.2, 0.25) is 0 Å². The van der Waals surface area contributed by atoms with Crippen LogP contribution in [0.5, 0.6) is 0 Å². The molecule has 1 saturated heterocycles. The lowest BCUT2D eigenvalue weighted by Crippen LogP contribution is -2.44. The number of rotatable bonds is 3. The molecule has 8 heteroatoms. The van der Waals surface area contributed by atoms with Crippen LogP contribution in [-0.4, -0.2) is 26.3 Å². The van der Waals surface area contributed by atoms with E-state index < -0.39 is 0 Å². The molecule has 3 aromatic heterocycles. The third kappa shape index (κ3) is 3.13. The summed E-state index contributed by atoms with van der Waals surface area (Å²) in [4.78, 5) is 36.7. The summed E-state index contributed by atoms with van der Waals surface area (Å²) >= 11 is 3.04. The van der Waals surface area contributed by atoms with Gasteiger partial charge in [0, 0.05) is 21.3 Å². The molecule has 1 fully saturated rings. The van der Waals surface area contributed by atoms with Gasteiger partial charge in [-0.2, -0.15) is 0 Å². The van der Waals surface area contributed by atoms with E-state index in [4.69, 9.17) is 0 Å². The van der Waals surface area contributed by atoms with Crippen molar-refractivity contribution in [1.82, 2.24) is 14.6 Å². The second-order valence-electron chi connectivity index (χ2n) is 8.59. The first-order chi connectivity index (χ1) is 16.4. The molecule has 1 aliphatic rings. The van der Waals surface area contributed by atoms with Crippen LogP contribution in [0.2, 0.25) is 0 Å². The zero-order valence-electron chi connectivity index (χ0n) is 19.0. The van der Waals surface area contributed by atoms with E-state index in [2.05, 4.69) is 47.2 Å². The number of benzene rings is 2. The maximum absolute atomic E-state index is 13.6. The average Bonchev–Trinajstić information content (AvgIpc) is 3.48. The Kier molecular flexibility index (Phi) is 4.89. The molecule has 0 radical (unpaired) electrons. The molecule has 6 rings (SSSR count). The smallest absolute Gasteiger partial charge is 0.281 e. The molecule has 0 spiro atoms. The van der Waals surface area contributed by atoms with Crippen molar-refractivity contribution in [3.63, 3.8) is 0 Å². The third-order valence-corrected chi connectivity index (χ3v) is 8.73. The Labute approximate surface area is 204 Å². The van der Waals surface area contributed by atoms with Crippen molar-refractivity contribution >= 4 is 50.1 Å². The lowest BCUT2D eigenvalue weighted by atomic mass is 10.0. The minimum absolute atomic E-state index is 0.108. The van der Waals surface area contributed by atoms with Crippen LogP contribution >= 0.6 is 23.1 Å². The normalized spacial score (nSPS) is 16.3. The number of carbonyl (C=O) groups excluding carboxylic acids is 1. The molecule has 2 aromatic carbocycles. The van der Waals surface area contributed by atoms with E-state index in [1.165, 1.54) is 34.1 Å². The van der Waals surface area contributed by atoms with E-state index in [-0.39, 0.29) is 16.8 Å². The molecule has 1 unspecified atom stereocenters. The van der Waals surface area contributed by atoms with Gasteiger partial charge in [0.25, 0.3) is 11.5 Å². The van der Waals surface area contributed by atoms with Gasteiger partial charge in [0.15, 0.2) is 0 Å². The maximum atomic E-state index is 13.6. The number of thiophene rings is 1. The lowest BCUT2D eigenvalue weighted by molar-refractivity contribution is -0.117. The minimum Gasteiger partial charge on any atom is -0.354 e. The van der Waals surface area contributed by atoms with Gasteiger partial charge >= 0.3 is 0 Å². The molecule has 1 aliphatic heterocycles. The van der Waals surface area contributed by atoms with E-state index in [1.807, 2.05) is 32.0 Å². The monoisotopic (exact) mass is 486 g/mol. The molecule has 6 nitrogen and oxygen atoms in total. The predicted molar refractivity (Wildman–Crippen MR) is 140 cm³/mol. The highest BCUT2D eigenvalue weighted by Crippen LogP contribution is 2.45. The van der Waals surface area contributed by atoms with Crippen LogP contribution in [0.1, 0.15) is 26.9 Å². The molecule has 0 bridgehead atoms. The van der Waals surface area contributed by atoms with E-state index in [0.29, 0.717) is 16.0 Å². The summed E-state index contributed by atoms with van der Waals surface area (Å²) < 4.78 is 1.41. The zero-order valence-corrected chi connectivity index (χ0v) is 20.6. The number of nitrogens with zero attached hydrogens (tertiary/aromatic N) is 3. The summed E-state index contributed by atoms with van der Waals surface area (Å²) in [6.45, 7) is 5.99. The number of aromatic amines is 1.